The van der Waals surface area contributed by atoms with Gasteiger partial charge in [-0.2, -0.15) is 0 Å². The Morgan fingerprint density at radius 3 is 2.15 bits per heavy atom. The van der Waals surface area contributed by atoms with Crippen molar-refractivity contribution in [1.29, 1.82) is 0 Å². The van der Waals surface area contributed by atoms with Crippen molar-refractivity contribution in [2.75, 3.05) is 0 Å². The SMILES string of the molecule is NCc1ccc(Oc2c(Br)cc([N+](=O)[O-])cc2Br)cc1. The van der Waals surface area contributed by atoms with Crippen molar-refractivity contribution in [3.63, 3.8) is 0 Å². The molecule has 2 aromatic carbocycles. The highest BCUT2D eigenvalue weighted by atomic mass is 79.9. The van der Waals surface area contributed by atoms with Crippen molar-refractivity contribution in [3.05, 3.63) is 61.0 Å². The quantitative estimate of drug-likeness (QED) is 0.609. The van der Waals surface area contributed by atoms with E-state index < -0.39 is 4.92 Å². The number of non-ortho nitro benzene ring substituents is 1. The van der Waals surface area contributed by atoms with E-state index in [1.54, 1.807) is 12.1 Å². The number of rotatable bonds is 4. The molecule has 0 aliphatic rings. The molecule has 5 nitrogen and oxygen atoms in total. The number of nitro groups is 1. The summed E-state index contributed by atoms with van der Waals surface area (Å²) >= 11 is 6.54. The third kappa shape index (κ3) is 3.36. The van der Waals surface area contributed by atoms with Gasteiger partial charge in [-0.15, -0.1) is 0 Å². The largest absolute Gasteiger partial charge is 0.455 e. The Bertz CT molecular complexity index is 622. The normalized spacial score (nSPS) is 10.3. The average molecular weight is 402 g/mol. The van der Waals surface area contributed by atoms with Gasteiger partial charge in [0.25, 0.3) is 5.69 Å². The summed E-state index contributed by atoms with van der Waals surface area (Å²) in [5.41, 5.74) is 6.51. The molecule has 2 rings (SSSR count). The van der Waals surface area contributed by atoms with E-state index in [0.29, 0.717) is 27.0 Å². The van der Waals surface area contributed by atoms with Crippen molar-refractivity contribution in [2.24, 2.45) is 5.73 Å². The predicted molar refractivity (Wildman–Crippen MR) is 82.9 cm³/mol. The van der Waals surface area contributed by atoms with Crippen molar-refractivity contribution in [3.8, 4) is 11.5 Å². The van der Waals surface area contributed by atoms with Gasteiger partial charge in [0.2, 0.25) is 0 Å². The van der Waals surface area contributed by atoms with Gasteiger partial charge < -0.3 is 10.5 Å². The second-order valence-corrected chi connectivity index (χ2v) is 5.65. The predicted octanol–water partition coefficient (Wildman–Crippen LogP) is 4.37. The second-order valence-electron chi connectivity index (χ2n) is 3.95. The summed E-state index contributed by atoms with van der Waals surface area (Å²) < 4.78 is 6.72. The molecule has 0 aliphatic carbocycles. The molecule has 2 N–H and O–H groups in total. The van der Waals surface area contributed by atoms with Gasteiger partial charge >= 0.3 is 0 Å². The summed E-state index contributed by atoms with van der Waals surface area (Å²) in [6.07, 6.45) is 0. The molecule has 0 aromatic heterocycles. The van der Waals surface area contributed by atoms with Crippen LogP contribution in [0.15, 0.2) is 45.3 Å². The first kappa shape index (κ1) is 15.0. The van der Waals surface area contributed by atoms with Crippen LogP contribution >= 0.6 is 31.9 Å². The first-order valence-corrected chi connectivity index (χ1v) is 7.20. The van der Waals surface area contributed by atoms with Crippen LogP contribution in [-0.2, 0) is 6.54 Å². The Hall–Kier alpha value is -1.44. The fourth-order valence-corrected chi connectivity index (χ4v) is 2.89. The molecule has 0 saturated carbocycles. The maximum absolute atomic E-state index is 10.8. The van der Waals surface area contributed by atoms with Gasteiger partial charge in [0.15, 0.2) is 5.75 Å². The topological polar surface area (TPSA) is 78.4 Å². The molecule has 0 saturated heterocycles. The van der Waals surface area contributed by atoms with E-state index >= 15 is 0 Å². The van der Waals surface area contributed by atoms with Crippen molar-refractivity contribution >= 4 is 37.5 Å². The van der Waals surface area contributed by atoms with Gasteiger partial charge in [-0.25, -0.2) is 0 Å². The van der Waals surface area contributed by atoms with Crippen molar-refractivity contribution < 1.29 is 9.66 Å². The Kier molecular flexibility index (Phi) is 4.74. The molecule has 104 valence electrons. The maximum Gasteiger partial charge on any atom is 0.271 e. The van der Waals surface area contributed by atoms with E-state index in [9.17, 15) is 10.1 Å². The van der Waals surface area contributed by atoms with Gasteiger partial charge in [-0.3, -0.25) is 10.1 Å². The molecule has 0 atom stereocenters. The highest BCUT2D eigenvalue weighted by molar-refractivity contribution is 9.11. The average Bonchev–Trinajstić information content (AvgIpc) is 2.43. The summed E-state index contributed by atoms with van der Waals surface area (Å²) in [6.45, 7) is 0.463. The van der Waals surface area contributed by atoms with Crippen molar-refractivity contribution in [1.82, 2.24) is 0 Å². The molecule has 0 radical (unpaired) electrons. The number of halogens is 2. The molecular weight excluding hydrogens is 392 g/mol. The fraction of sp³-hybridized carbons (Fsp3) is 0.0769. The minimum atomic E-state index is -0.463. The first-order chi connectivity index (χ1) is 9.51. The van der Waals surface area contributed by atoms with Crippen LogP contribution in [0.5, 0.6) is 11.5 Å². The molecule has 0 amide bonds. The Morgan fingerprint density at radius 2 is 1.70 bits per heavy atom. The van der Waals surface area contributed by atoms with Crippen LogP contribution in [0.25, 0.3) is 0 Å². The molecule has 0 unspecified atom stereocenters. The summed E-state index contributed by atoms with van der Waals surface area (Å²) in [7, 11) is 0. The van der Waals surface area contributed by atoms with Gasteiger partial charge in [0.1, 0.15) is 5.75 Å². The minimum Gasteiger partial charge on any atom is -0.455 e. The standard InChI is InChI=1S/C13H10Br2N2O3/c14-11-5-9(17(18)19)6-12(15)13(11)20-10-3-1-8(7-16)2-4-10/h1-6H,7,16H2. The summed E-state index contributed by atoms with van der Waals surface area (Å²) in [5, 5.41) is 10.8. The van der Waals surface area contributed by atoms with E-state index in [4.69, 9.17) is 10.5 Å². The van der Waals surface area contributed by atoms with E-state index in [0.717, 1.165) is 5.56 Å². The van der Waals surface area contributed by atoms with Crippen LogP contribution in [0.2, 0.25) is 0 Å². The Labute approximate surface area is 132 Å². The van der Waals surface area contributed by atoms with Crippen molar-refractivity contribution in [2.45, 2.75) is 6.54 Å². The lowest BCUT2D eigenvalue weighted by Crippen LogP contribution is -1.96. The third-order valence-electron chi connectivity index (χ3n) is 2.57. The minimum absolute atomic E-state index is 0.0189. The zero-order chi connectivity index (χ0) is 14.7. The lowest BCUT2D eigenvalue weighted by Gasteiger charge is -2.10. The molecule has 0 aliphatic heterocycles. The van der Waals surface area contributed by atoms with E-state index in [1.807, 2.05) is 12.1 Å². The Morgan fingerprint density at radius 1 is 1.15 bits per heavy atom. The van der Waals surface area contributed by atoms with Crippen LogP contribution in [-0.4, -0.2) is 4.92 Å². The van der Waals surface area contributed by atoms with Crippen LogP contribution in [0.3, 0.4) is 0 Å². The van der Waals surface area contributed by atoms with Gasteiger partial charge in [0.05, 0.1) is 13.9 Å². The van der Waals surface area contributed by atoms with Gasteiger partial charge in [-0.05, 0) is 49.6 Å². The van der Waals surface area contributed by atoms with Crippen LogP contribution < -0.4 is 10.5 Å². The monoisotopic (exact) mass is 400 g/mol. The van der Waals surface area contributed by atoms with Crippen LogP contribution in [0, 0.1) is 10.1 Å². The zero-order valence-electron chi connectivity index (χ0n) is 10.2. The molecule has 0 fully saturated rings. The number of nitro benzene ring substituents is 1. The smallest absolute Gasteiger partial charge is 0.271 e. The number of ether oxygens (including phenoxy) is 1. The van der Waals surface area contributed by atoms with Crippen LogP contribution in [0.4, 0.5) is 5.69 Å². The summed E-state index contributed by atoms with van der Waals surface area (Å²) in [6, 6.07) is 10.1. The van der Waals surface area contributed by atoms with Gasteiger partial charge in [0, 0.05) is 18.7 Å². The second kappa shape index (κ2) is 6.34. The summed E-state index contributed by atoms with van der Waals surface area (Å²) in [4.78, 5) is 10.3. The first-order valence-electron chi connectivity index (χ1n) is 5.61. The molecule has 0 bridgehead atoms. The molecule has 2 aromatic rings. The molecule has 0 spiro atoms. The highest BCUT2D eigenvalue weighted by Crippen LogP contribution is 2.39. The Balaban J connectivity index is 2.30. The number of nitrogens with two attached hydrogens (primary N) is 1. The fourth-order valence-electron chi connectivity index (χ4n) is 1.56. The van der Waals surface area contributed by atoms with E-state index in [-0.39, 0.29) is 5.69 Å². The highest BCUT2D eigenvalue weighted by Gasteiger charge is 2.15. The molecule has 0 heterocycles. The maximum atomic E-state index is 10.8. The van der Waals surface area contributed by atoms with E-state index in [2.05, 4.69) is 31.9 Å². The number of nitrogens with zero attached hydrogens (tertiary/aromatic N) is 1. The number of hydrogen-bond donors (Lipinski definition) is 1. The van der Waals surface area contributed by atoms with Gasteiger partial charge in [-0.1, -0.05) is 12.1 Å². The lowest BCUT2D eigenvalue weighted by atomic mass is 10.2. The third-order valence-corrected chi connectivity index (χ3v) is 3.75. The summed E-state index contributed by atoms with van der Waals surface area (Å²) in [5.74, 6) is 1.11. The number of benzene rings is 2. The van der Waals surface area contributed by atoms with Crippen LogP contribution in [0.1, 0.15) is 5.56 Å². The lowest BCUT2D eigenvalue weighted by molar-refractivity contribution is -0.385. The zero-order valence-corrected chi connectivity index (χ0v) is 13.3. The molecule has 7 heteroatoms. The molecular formula is C13H10Br2N2O3. The van der Waals surface area contributed by atoms with E-state index in [1.165, 1.54) is 12.1 Å². The number of hydrogen-bond acceptors (Lipinski definition) is 4. The molecule has 20 heavy (non-hydrogen) atoms.